The number of hydrogen-bond donors (Lipinski definition) is 2. The van der Waals surface area contributed by atoms with Crippen LogP contribution in [0.5, 0.6) is 0 Å². The van der Waals surface area contributed by atoms with E-state index in [0.29, 0.717) is 12.1 Å². The van der Waals surface area contributed by atoms with Crippen molar-refractivity contribution in [1.29, 1.82) is 0 Å². The molecule has 2 rings (SSSR count). The first-order valence-electron chi connectivity index (χ1n) is 8.31. The van der Waals surface area contributed by atoms with Crippen LogP contribution in [0.3, 0.4) is 0 Å². The van der Waals surface area contributed by atoms with Gasteiger partial charge in [-0.2, -0.15) is 0 Å². The molecule has 1 fully saturated rings. The lowest BCUT2D eigenvalue weighted by Gasteiger charge is -2.30. The summed E-state index contributed by atoms with van der Waals surface area (Å²) >= 11 is 0. The molecule has 3 heteroatoms. The lowest BCUT2D eigenvalue weighted by Crippen LogP contribution is -2.38. The molecule has 0 aliphatic carbocycles. The Balaban J connectivity index is 0.00000106. The van der Waals surface area contributed by atoms with Crippen LogP contribution in [0.15, 0.2) is 30.3 Å². The summed E-state index contributed by atoms with van der Waals surface area (Å²) in [4.78, 5) is 2.59. The quantitative estimate of drug-likeness (QED) is 0.803. The lowest BCUT2D eigenvalue weighted by atomic mass is 10.00. The Labute approximate surface area is 130 Å². The van der Waals surface area contributed by atoms with Gasteiger partial charge in [0.1, 0.15) is 0 Å². The van der Waals surface area contributed by atoms with E-state index >= 15 is 0 Å². The molecule has 1 aliphatic heterocycles. The first-order valence-corrected chi connectivity index (χ1v) is 8.31. The predicted molar refractivity (Wildman–Crippen MR) is 89.4 cm³/mol. The Bertz CT molecular complexity index is 382. The van der Waals surface area contributed by atoms with Crippen molar-refractivity contribution < 1.29 is 5.21 Å². The Kier molecular flexibility index (Phi) is 7.94. The van der Waals surface area contributed by atoms with E-state index in [0.717, 1.165) is 18.9 Å². The van der Waals surface area contributed by atoms with Crippen molar-refractivity contribution in [1.82, 2.24) is 10.4 Å². The summed E-state index contributed by atoms with van der Waals surface area (Å²) < 4.78 is 0. The molecule has 21 heavy (non-hydrogen) atoms. The Hall–Kier alpha value is -0.900. The zero-order chi connectivity index (χ0) is 15.8. The SMILES string of the molecule is CC.CC(CC1CC(C)C(C)N1Cc1ccccc1)NO. The number of rotatable bonds is 5. The summed E-state index contributed by atoms with van der Waals surface area (Å²) in [6.45, 7) is 11.7. The summed E-state index contributed by atoms with van der Waals surface area (Å²) in [5, 5.41) is 9.03. The van der Waals surface area contributed by atoms with Crippen molar-refractivity contribution in [2.24, 2.45) is 5.92 Å². The third-order valence-corrected chi connectivity index (χ3v) is 4.51. The molecule has 0 amide bonds. The molecule has 0 radical (unpaired) electrons. The average Bonchev–Trinajstić information content (AvgIpc) is 2.78. The minimum Gasteiger partial charge on any atom is -0.317 e. The second-order valence-electron chi connectivity index (χ2n) is 6.03. The summed E-state index contributed by atoms with van der Waals surface area (Å²) in [5.74, 6) is 0.722. The monoisotopic (exact) mass is 292 g/mol. The van der Waals surface area contributed by atoms with Gasteiger partial charge >= 0.3 is 0 Å². The number of hydrogen-bond acceptors (Lipinski definition) is 3. The third kappa shape index (κ3) is 5.10. The zero-order valence-electron chi connectivity index (χ0n) is 14.2. The molecule has 1 aliphatic rings. The molecule has 0 saturated carbocycles. The summed E-state index contributed by atoms with van der Waals surface area (Å²) in [7, 11) is 0. The Morgan fingerprint density at radius 1 is 1.24 bits per heavy atom. The molecule has 0 bridgehead atoms. The van der Waals surface area contributed by atoms with E-state index in [4.69, 9.17) is 5.21 Å². The molecule has 1 aromatic rings. The second-order valence-corrected chi connectivity index (χ2v) is 6.03. The zero-order valence-corrected chi connectivity index (χ0v) is 14.2. The van der Waals surface area contributed by atoms with Gasteiger partial charge in [0.25, 0.3) is 0 Å². The normalized spacial score (nSPS) is 27.0. The highest BCUT2D eigenvalue weighted by molar-refractivity contribution is 5.15. The van der Waals surface area contributed by atoms with Crippen LogP contribution in [0, 0.1) is 5.92 Å². The van der Waals surface area contributed by atoms with Gasteiger partial charge in [0.15, 0.2) is 0 Å². The van der Waals surface area contributed by atoms with Crippen molar-refractivity contribution in [3.05, 3.63) is 35.9 Å². The first kappa shape index (κ1) is 18.1. The largest absolute Gasteiger partial charge is 0.317 e. The fourth-order valence-corrected chi connectivity index (χ4v) is 3.18. The molecule has 0 aromatic heterocycles. The van der Waals surface area contributed by atoms with Crippen LogP contribution in [0.4, 0.5) is 0 Å². The van der Waals surface area contributed by atoms with Crippen LogP contribution in [-0.2, 0) is 6.54 Å². The smallest absolute Gasteiger partial charge is 0.0306 e. The van der Waals surface area contributed by atoms with Crippen molar-refractivity contribution in [3.8, 4) is 0 Å². The molecular formula is C18H32N2O. The minimum atomic E-state index is 0.153. The van der Waals surface area contributed by atoms with Crippen LogP contribution in [0.25, 0.3) is 0 Å². The highest BCUT2D eigenvalue weighted by atomic mass is 16.5. The first-order chi connectivity index (χ1) is 10.1. The van der Waals surface area contributed by atoms with Gasteiger partial charge in [0, 0.05) is 24.7 Å². The standard InChI is InChI=1S/C16H26N2O.C2H6/c1-12-9-16(10-13(2)17-19)18(14(12)3)11-15-7-5-4-6-8-15;1-2/h4-8,12-14,16-17,19H,9-11H2,1-3H3;1-2H3. The fourth-order valence-electron chi connectivity index (χ4n) is 3.18. The van der Waals surface area contributed by atoms with Gasteiger partial charge in [-0.05, 0) is 38.2 Å². The molecule has 1 heterocycles. The van der Waals surface area contributed by atoms with Crippen molar-refractivity contribution in [2.75, 3.05) is 0 Å². The number of benzene rings is 1. The van der Waals surface area contributed by atoms with E-state index in [1.54, 1.807) is 0 Å². The number of likely N-dealkylation sites (tertiary alicyclic amines) is 1. The minimum absolute atomic E-state index is 0.153. The molecule has 0 spiro atoms. The van der Waals surface area contributed by atoms with Gasteiger partial charge in [0.05, 0.1) is 0 Å². The average molecular weight is 292 g/mol. The third-order valence-electron chi connectivity index (χ3n) is 4.51. The predicted octanol–water partition coefficient (Wildman–Crippen LogP) is 4.07. The molecule has 4 atom stereocenters. The number of nitrogens with zero attached hydrogens (tertiary/aromatic N) is 1. The lowest BCUT2D eigenvalue weighted by molar-refractivity contribution is 0.103. The van der Waals surface area contributed by atoms with Crippen molar-refractivity contribution in [3.63, 3.8) is 0 Å². The van der Waals surface area contributed by atoms with E-state index in [1.807, 2.05) is 20.8 Å². The van der Waals surface area contributed by atoms with Crippen molar-refractivity contribution in [2.45, 2.75) is 72.1 Å². The maximum absolute atomic E-state index is 9.03. The summed E-state index contributed by atoms with van der Waals surface area (Å²) in [6.07, 6.45) is 2.22. The van der Waals surface area contributed by atoms with Gasteiger partial charge < -0.3 is 5.21 Å². The van der Waals surface area contributed by atoms with E-state index in [1.165, 1.54) is 12.0 Å². The fraction of sp³-hybridized carbons (Fsp3) is 0.667. The van der Waals surface area contributed by atoms with Gasteiger partial charge in [0.2, 0.25) is 0 Å². The van der Waals surface area contributed by atoms with Crippen LogP contribution in [-0.4, -0.2) is 28.2 Å². The van der Waals surface area contributed by atoms with E-state index in [9.17, 15) is 0 Å². The van der Waals surface area contributed by atoms with Crippen LogP contribution < -0.4 is 5.48 Å². The number of nitrogens with one attached hydrogen (secondary N) is 1. The van der Waals surface area contributed by atoms with E-state index in [-0.39, 0.29) is 6.04 Å². The van der Waals surface area contributed by atoms with E-state index in [2.05, 4.69) is 54.6 Å². The number of hydroxylamine groups is 1. The highest BCUT2D eigenvalue weighted by Crippen LogP contribution is 2.33. The van der Waals surface area contributed by atoms with Gasteiger partial charge in [-0.1, -0.05) is 51.1 Å². The van der Waals surface area contributed by atoms with Crippen LogP contribution in [0.2, 0.25) is 0 Å². The van der Waals surface area contributed by atoms with Gasteiger partial charge in [-0.15, -0.1) is 0 Å². The highest BCUT2D eigenvalue weighted by Gasteiger charge is 2.36. The van der Waals surface area contributed by atoms with Crippen LogP contribution in [0.1, 0.15) is 53.0 Å². The Morgan fingerprint density at radius 2 is 1.86 bits per heavy atom. The second kappa shape index (κ2) is 9.19. The molecule has 120 valence electrons. The Morgan fingerprint density at radius 3 is 2.43 bits per heavy atom. The molecule has 4 unspecified atom stereocenters. The van der Waals surface area contributed by atoms with Gasteiger partial charge in [-0.3, -0.25) is 4.90 Å². The van der Waals surface area contributed by atoms with Gasteiger partial charge in [-0.25, -0.2) is 5.48 Å². The summed E-state index contributed by atoms with van der Waals surface area (Å²) in [6, 6.07) is 12.0. The topological polar surface area (TPSA) is 35.5 Å². The maximum atomic E-state index is 9.03. The van der Waals surface area contributed by atoms with Crippen LogP contribution >= 0.6 is 0 Å². The molecule has 3 nitrogen and oxygen atoms in total. The molecular weight excluding hydrogens is 260 g/mol. The molecule has 1 saturated heterocycles. The molecule has 1 aromatic carbocycles. The maximum Gasteiger partial charge on any atom is 0.0306 e. The molecule has 2 N–H and O–H groups in total. The van der Waals surface area contributed by atoms with Crippen molar-refractivity contribution >= 4 is 0 Å². The summed E-state index contributed by atoms with van der Waals surface area (Å²) in [5.41, 5.74) is 3.75. The van der Waals surface area contributed by atoms with E-state index < -0.39 is 0 Å².